The van der Waals surface area contributed by atoms with Gasteiger partial charge >= 0.3 is 0 Å². The highest BCUT2D eigenvalue weighted by molar-refractivity contribution is 7.89. The number of aromatic nitrogens is 2. The van der Waals surface area contributed by atoms with Gasteiger partial charge in [0.2, 0.25) is 10.0 Å². The Kier molecular flexibility index (Phi) is 4.91. The lowest BCUT2D eigenvalue weighted by atomic mass is 10.1. The standard InChI is InChI=1S/C17H21N3O4S/c1-12-3-5-14(6-4-12)24-9-10-25(22,23)20-8-7-15-16(11-20)18-13(2)19-17(15)21/h3-6H,7-11H2,1-2H3,(H,18,19,21). The van der Waals surface area contributed by atoms with Crippen LogP contribution in [0.2, 0.25) is 0 Å². The van der Waals surface area contributed by atoms with Gasteiger partial charge in [0.1, 0.15) is 18.2 Å². The van der Waals surface area contributed by atoms with Gasteiger partial charge in [-0.25, -0.2) is 13.4 Å². The van der Waals surface area contributed by atoms with Crippen LogP contribution in [-0.2, 0) is 23.0 Å². The monoisotopic (exact) mass is 363 g/mol. The van der Waals surface area contributed by atoms with Crippen LogP contribution in [0.4, 0.5) is 0 Å². The number of hydrogen-bond acceptors (Lipinski definition) is 5. The molecule has 8 heteroatoms. The SMILES string of the molecule is Cc1ccc(OCCS(=O)(=O)N2CCc3c(nc(C)[nH]c3=O)C2)cc1. The summed E-state index contributed by atoms with van der Waals surface area (Å²) >= 11 is 0. The summed E-state index contributed by atoms with van der Waals surface area (Å²) in [6, 6.07) is 7.46. The van der Waals surface area contributed by atoms with Gasteiger partial charge in [0.25, 0.3) is 5.56 Å². The van der Waals surface area contributed by atoms with E-state index >= 15 is 0 Å². The lowest BCUT2D eigenvalue weighted by Gasteiger charge is -2.27. The van der Waals surface area contributed by atoms with Crippen molar-refractivity contribution >= 4 is 10.0 Å². The fourth-order valence-electron chi connectivity index (χ4n) is 2.81. The summed E-state index contributed by atoms with van der Waals surface area (Å²) in [5, 5.41) is 0. The van der Waals surface area contributed by atoms with E-state index in [0.717, 1.165) is 5.56 Å². The van der Waals surface area contributed by atoms with Gasteiger partial charge in [0.05, 0.1) is 18.0 Å². The second-order valence-corrected chi connectivity index (χ2v) is 8.23. The third-order valence-electron chi connectivity index (χ3n) is 4.18. The van der Waals surface area contributed by atoms with Crippen molar-refractivity contribution in [2.45, 2.75) is 26.8 Å². The summed E-state index contributed by atoms with van der Waals surface area (Å²) in [5.74, 6) is 1.03. The van der Waals surface area contributed by atoms with E-state index in [9.17, 15) is 13.2 Å². The molecule has 0 saturated carbocycles. The topological polar surface area (TPSA) is 92.4 Å². The average molecular weight is 363 g/mol. The van der Waals surface area contributed by atoms with Crippen molar-refractivity contribution in [2.24, 2.45) is 0 Å². The highest BCUT2D eigenvalue weighted by Crippen LogP contribution is 2.18. The van der Waals surface area contributed by atoms with Crippen molar-refractivity contribution in [3.8, 4) is 5.75 Å². The molecule has 0 bridgehead atoms. The minimum atomic E-state index is -3.47. The Hall–Kier alpha value is -2.19. The van der Waals surface area contributed by atoms with E-state index in [4.69, 9.17) is 4.74 Å². The number of aryl methyl sites for hydroxylation is 2. The maximum Gasteiger partial charge on any atom is 0.254 e. The van der Waals surface area contributed by atoms with Crippen molar-refractivity contribution in [2.75, 3.05) is 18.9 Å². The van der Waals surface area contributed by atoms with E-state index in [1.165, 1.54) is 4.31 Å². The second-order valence-electron chi connectivity index (χ2n) is 6.14. The Morgan fingerprint density at radius 3 is 2.68 bits per heavy atom. The van der Waals surface area contributed by atoms with Crippen LogP contribution in [0, 0.1) is 13.8 Å². The zero-order valence-electron chi connectivity index (χ0n) is 14.3. The van der Waals surface area contributed by atoms with Crippen LogP contribution < -0.4 is 10.3 Å². The smallest absolute Gasteiger partial charge is 0.254 e. The second kappa shape index (κ2) is 6.97. The molecule has 2 heterocycles. The number of H-pyrrole nitrogens is 1. The highest BCUT2D eigenvalue weighted by Gasteiger charge is 2.28. The molecule has 0 aliphatic carbocycles. The fourth-order valence-corrected chi connectivity index (χ4v) is 4.05. The molecule has 0 spiro atoms. The quantitative estimate of drug-likeness (QED) is 0.860. The van der Waals surface area contributed by atoms with Gasteiger partial charge in [-0.15, -0.1) is 0 Å². The molecule has 0 saturated heterocycles. The van der Waals surface area contributed by atoms with Gasteiger partial charge in [-0.05, 0) is 32.4 Å². The van der Waals surface area contributed by atoms with Crippen molar-refractivity contribution in [1.82, 2.24) is 14.3 Å². The predicted octanol–water partition coefficient (Wildman–Crippen LogP) is 1.15. The predicted molar refractivity (Wildman–Crippen MR) is 94.2 cm³/mol. The first-order valence-corrected chi connectivity index (χ1v) is 9.72. The van der Waals surface area contributed by atoms with E-state index in [2.05, 4.69) is 9.97 Å². The van der Waals surface area contributed by atoms with E-state index in [-0.39, 0.29) is 31.0 Å². The maximum atomic E-state index is 12.5. The van der Waals surface area contributed by atoms with Crippen LogP contribution in [0.1, 0.15) is 22.6 Å². The molecule has 0 fully saturated rings. The van der Waals surface area contributed by atoms with Crippen molar-refractivity contribution in [3.05, 3.63) is 57.3 Å². The number of fused-ring (bicyclic) bond motifs is 1. The molecule has 1 aromatic heterocycles. The molecule has 0 radical (unpaired) electrons. The summed E-state index contributed by atoms with van der Waals surface area (Å²) in [7, 11) is -3.47. The molecule has 1 N–H and O–H groups in total. The Balaban J connectivity index is 1.64. The third kappa shape index (κ3) is 4.08. The minimum absolute atomic E-state index is 0.0799. The van der Waals surface area contributed by atoms with Gasteiger partial charge in [-0.2, -0.15) is 4.31 Å². The van der Waals surface area contributed by atoms with Gasteiger partial charge < -0.3 is 9.72 Å². The number of sulfonamides is 1. The third-order valence-corrected chi connectivity index (χ3v) is 5.96. The summed E-state index contributed by atoms with van der Waals surface area (Å²) in [6.07, 6.45) is 0.371. The molecule has 1 aliphatic heterocycles. The molecule has 134 valence electrons. The molecule has 1 aromatic carbocycles. The Morgan fingerprint density at radius 2 is 1.96 bits per heavy atom. The first kappa shape index (κ1) is 17.6. The number of aromatic amines is 1. The Labute approximate surface area is 146 Å². The molecule has 3 rings (SSSR count). The normalized spacial score (nSPS) is 15.0. The van der Waals surface area contributed by atoms with Crippen LogP contribution in [-0.4, -0.2) is 41.6 Å². The molecule has 0 unspecified atom stereocenters. The molecule has 0 amide bonds. The van der Waals surface area contributed by atoms with E-state index in [1.807, 2.05) is 31.2 Å². The number of benzene rings is 1. The van der Waals surface area contributed by atoms with Gasteiger partial charge in [-0.1, -0.05) is 17.7 Å². The van der Waals surface area contributed by atoms with Crippen LogP contribution in [0.15, 0.2) is 29.1 Å². The first-order chi connectivity index (χ1) is 11.8. The zero-order chi connectivity index (χ0) is 18.0. The van der Waals surface area contributed by atoms with Gasteiger partial charge in [-0.3, -0.25) is 4.79 Å². The molecule has 0 atom stereocenters. The number of rotatable bonds is 5. The molecule has 25 heavy (non-hydrogen) atoms. The lowest BCUT2D eigenvalue weighted by Crippen LogP contribution is -2.41. The molecular weight excluding hydrogens is 342 g/mol. The summed E-state index contributed by atoms with van der Waals surface area (Å²) in [4.78, 5) is 18.8. The van der Waals surface area contributed by atoms with Crippen molar-refractivity contribution < 1.29 is 13.2 Å². The number of hydrogen-bond donors (Lipinski definition) is 1. The average Bonchev–Trinajstić information content (AvgIpc) is 2.56. The largest absolute Gasteiger partial charge is 0.492 e. The molecule has 2 aromatic rings. The highest BCUT2D eigenvalue weighted by atomic mass is 32.2. The Morgan fingerprint density at radius 1 is 1.24 bits per heavy atom. The lowest BCUT2D eigenvalue weighted by molar-refractivity contribution is 0.330. The molecule has 7 nitrogen and oxygen atoms in total. The summed E-state index contributed by atoms with van der Waals surface area (Å²) < 4.78 is 32.0. The molecule has 1 aliphatic rings. The fraction of sp³-hybridized carbons (Fsp3) is 0.412. The van der Waals surface area contributed by atoms with Crippen LogP contribution in [0.5, 0.6) is 5.75 Å². The van der Waals surface area contributed by atoms with Crippen LogP contribution in [0.3, 0.4) is 0 Å². The minimum Gasteiger partial charge on any atom is -0.492 e. The van der Waals surface area contributed by atoms with Gasteiger partial charge in [0.15, 0.2) is 0 Å². The Bertz CT molecular complexity index is 920. The van der Waals surface area contributed by atoms with Crippen LogP contribution in [0.25, 0.3) is 0 Å². The van der Waals surface area contributed by atoms with E-state index in [0.29, 0.717) is 29.3 Å². The molecular formula is C17H21N3O4S. The van der Waals surface area contributed by atoms with Crippen molar-refractivity contribution in [3.63, 3.8) is 0 Å². The first-order valence-electron chi connectivity index (χ1n) is 8.11. The van der Waals surface area contributed by atoms with Crippen LogP contribution >= 0.6 is 0 Å². The van der Waals surface area contributed by atoms with Gasteiger partial charge in [0, 0.05) is 12.1 Å². The number of nitrogens with one attached hydrogen (secondary N) is 1. The van der Waals surface area contributed by atoms with E-state index in [1.54, 1.807) is 6.92 Å². The number of ether oxygens (including phenoxy) is 1. The maximum absolute atomic E-state index is 12.5. The van der Waals surface area contributed by atoms with E-state index < -0.39 is 10.0 Å². The zero-order valence-corrected chi connectivity index (χ0v) is 15.1. The summed E-state index contributed by atoms with van der Waals surface area (Å²) in [5.41, 5.74) is 2.05. The van der Waals surface area contributed by atoms with Crippen molar-refractivity contribution in [1.29, 1.82) is 0 Å². The number of nitrogens with zero attached hydrogens (tertiary/aromatic N) is 2. The summed E-state index contributed by atoms with van der Waals surface area (Å²) in [6.45, 7) is 4.16.